The topological polar surface area (TPSA) is 107 Å². The Hall–Kier alpha value is -1.01. The van der Waals surface area contributed by atoms with Gasteiger partial charge < -0.3 is 15.3 Å². The van der Waals surface area contributed by atoms with E-state index >= 15 is 0 Å². The maximum Gasteiger partial charge on any atom is 0.303 e. The summed E-state index contributed by atoms with van der Waals surface area (Å²) in [4.78, 5) is 21.3. The van der Waals surface area contributed by atoms with Crippen molar-refractivity contribution in [2.24, 2.45) is 5.18 Å². The van der Waals surface area contributed by atoms with Crippen molar-refractivity contribution >= 4 is 5.97 Å². The summed E-state index contributed by atoms with van der Waals surface area (Å²) in [6.07, 6.45) is 8.65. The molecule has 0 rings (SSSR count). The zero-order valence-corrected chi connectivity index (χ0v) is 15.0. The molecule has 0 aliphatic heterocycles. The zero-order valence-electron chi connectivity index (χ0n) is 15.0. The van der Waals surface area contributed by atoms with Gasteiger partial charge in [0.05, 0.1) is 6.10 Å². The number of hydrogen-bond acceptors (Lipinski definition) is 5. The Morgan fingerprint density at radius 2 is 1.42 bits per heavy atom. The van der Waals surface area contributed by atoms with E-state index in [-0.39, 0.29) is 6.42 Å². The van der Waals surface area contributed by atoms with E-state index in [1.807, 2.05) is 0 Å². The zero-order chi connectivity index (χ0) is 18.2. The quantitative estimate of drug-likeness (QED) is 0.273. The molecule has 0 fully saturated rings. The normalized spacial score (nSPS) is 15.0. The Labute approximate surface area is 145 Å². The number of nitroso groups, excluding NO2 is 1. The van der Waals surface area contributed by atoms with Crippen molar-refractivity contribution in [1.82, 2.24) is 0 Å². The second kappa shape index (κ2) is 15.5. The van der Waals surface area contributed by atoms with Gasteiger partial charge in [-0.1, -0.05) is 69.9 Å². The molecular formula is C18H35NO5. The number of rotatable bonds is 17. The predicted molar refractivity (Wildman–Crippen MR) is 94.9 cm³/mol. The highest BCUT2D eigenvalue weighted by Gasteiger charge is 2.26. The highest BCUT2D eigenvalue weighted by atomic mass is 16.4. The first-order valence-corrected chi connectivity index (χ1v) is 9.43. The van der Waals surface area contributed by atoms with Crippen LogP contribution in [-0.4, -0.2) is 39.5 Å². The highest BCUT2D eigenvalue weighted by molar-refractivity contribution is 5.66. The summed E-state index contributed by atoms with van der Waals surface area (Å²) in [6, 6.07) is -0.755. The average molecular weight is 345 g/mol. The minimum absolute atomic E-state index is 0.196. The van der Waals surface area contributed by atoms with Gasteiger partial charge in [-0.2, -0.15) is 4.91 Å². The van der Waals surface area contributed by atoms with E-state index in [1.54, 1.807) is 0 Å². The van der Waals surface area contributed by atoms with Crippen molar-refractivity contribution in [3.05, 3.63) is 4.91 Å². The molecule has 0 aromatic rings. The van der Waals surface area contributed by atoms with E-state index in [2.05, 4.69) is 12.1 Å². The van der Waals surface area contributed by atoms with Gasteiger partial charge in [-0.05, 0) is 19.3 Å². The van der Waals surface area contributed by atoms with E-state index in [0.717, 1.165) is 44.9 Å². The molecule has 0 aromatic heterocycles. The van der Waals surface area contributed by atoms with Crippen molar-refractivity contribution in [3.63, 3.8) is 0 Å². The van der Waals surface area contributed by atoms with Crippen molar-refractivity contribution in [2.75, 3.05) is 0 Å². The van der Waals surface area contributed by atoms with Crippen LogP contribution in [0, 0.1) is 4.91 Å². The first kappa shape index (κ1) is 23.0. The van der Waals surface area contributed by atoms with Gasteiger partial charge in [0.2, 0.25) is 0 Å². The van der Waals surface area contributed by atoms with Crippen LogP contribution in [0.5, 0.6) is 0 Å². The molecule has 0 spiro atoms. The largest absolute Gasteiger partial charge is 0.481 e. The lowest BCUT2D eigenvalue weighted by molar-refractivity contribution is -0.137. The van der Waals surface area contributed by atoms with E-state index in [4.69, 9.17) is 5.11 Å². The molecule has 6 nitrogen and oxygen atoms in total. The van der Waals surface area contributed by atoms with Gasteiger partial charge in [0, 0.05) is 6.42 Å². The molecule has 0 aliphatic rings. The molecule has 0 aliphatic carbocycles. The summed E-state index contributed by atoms with van der Waals surface area (Å²) in [5.41, 5.74) is 0. The number of aliphatic hydroxyl groups is 2. The molecule has 0 radical (unpaired) electrons. The van der Waals surface area contributed by atoms with E-state index in [1.165, 1.54) is 12.8 Å². The predicted octanol–water partition coefficient (Wildman–Crippen LogP) is 4.02. The van der Waals surface area contributed by atoms with Crippen molar-refractivity contribution < 1.29 is 20.1 Å². The first-order valence-electron chi connectivity index (χ1n) is 9.43. The lowest BCUT2D eigenvalue weighted by atomic mass is 9.96. The molecule has 0 heterocycles. The van der Waals surface area contributed by atoms with Crippen LogP contribution in [0.1, 0.15) is 90.4 Å². The van der Waals surface area contributed by atoms with Crippen LogP contribution in [0.25, 0.3) is 0 Å². The van der Waals surface area contributed by atoms with Crippen molar-refractivity contribution in [3.8, 4) is 0 Å². The summed E-state index contributed by atoms with van der Waals surface area (Å²) in [7, 11) is 0. The third kappa shape index (κ3) is 12.4. The summed E-state index contributed by atoms with van der Waals surface area (Å²) >= 11 is 0. The van der Waals surface area contributed by atoms with Gasteiger partial charge in [0.25, 0.3) is 0 Å². The third-order valence-corrected chi connectivity index (χ3v) is 4.42. The third-order valence-electron chi connectivity index (χ3n) is 4.42. The summed E-state index contributed by atoms with van der Waals surface area (Å²) in [6.45, 7) is 2.14. The maximum atomic E-state index is 10.9. The molecule has 0 saturated heterocycles. The van der Waals surface area contributed by atoms with Crippen LogP contribution in [0.3, 0.4) is 0 Å². The van der Waals surface area contributed by atoms with Gasteiger partial charge >= 0.3 is 5.97 Å². The minimum Gasteiger partial charge on any atom is -0.481 e. The molecule has 3 N–H and O–H groups in total. The van der Waals surface area contributed by atoms with Crippen LogP contribution in [0.2, 0.25) is 0 Å². The van der Waals surface area contributed by atoms with E-state index in [0.29, 0.717) is 19.3 Å². The van der Waals surface area contributed by atoms with Crippen molar-refractivity contribution in [2.45, 2.75) is 109 Å². The Bertz CT molecular complexity index is 325. The molecule has 3 atom stereocenters. The number of hydrogen-bond donors (Lipinski definition) is 3. The highest BCUT2D eigenvalue weighted by Crippen LogP contribution is 2.18. The average Bonchev–Trinajstić information content (AvgIpc) is 2.56. The fourth-order valence-corrected chi connectivity index (χ4v) is 2.83. The molecule has 3 unspecified atom stereocenters. The molecule has 6 heteroatoms. The van der Waals surface area contributed by atoms with E-state index in [9.17, 15) is 19.9 Å². The summed E-state index contributed by atoms with van der Waals surface area (Å²) in [5, 5.41) is 31.6. The number of carboxylic acid groups (broad SMARTS) is 1. The van der Waals surface area contributed by atoms with Gasteiger partial charge in [-0.15, -0.1) is 0 Å². The van der Waals surface area contributed by atoms with E-state index < -0.39 is 24.2 Å². The second-order valence-corrected chi connectivity index (χ2v) is 6.63. The first-order chi connectivity index (χ1) is 11.5. The molecule has 0 saturated carbocycles. The number of aliphatic carboxylic acids is 1. The van der Waals surface area contributed by atoms with Crippen LogP contribution < -0.4 is 0 Å². The summed E-state index contributed by atoms with van der Waals surface area (Å²) < 4.78 is 0. The smallest absolute Gasteiger partial charge is 0.303 e. The number of carbonyl (C=O) groups is 1. The lowest BCUT2D eigenvalue weighted by Gasteiger charge is -2.22. The standard InChI is InChI=1S/C18H35NO5/c1-2-3-4-6-10-13-16(20)18(23)15(19-24)12-9-7-5-8-11-14-17(21)22/h15-16,18,20,23H,2-14H2,1H3,(H,21,22). The fraction of sp³-hybridized carbons (Fsp3) is 0.944. The van der Waals surface area contributed by atoms with Crippen molar-refractivity contribution in [1.29, 1.82) is 0 Å². The number of aliphatic hydroxyl groups excluding tert-OH is 2. The number of nitrogens with zero attached hydrogens (tertiary/aromatic N) is 1. The SMILES string of the molecule is CCCCCCCC(O)C(O)C(CCCCCCCC(=O)O)N=O. The molecule has 0 bridgehead atoms. The maximum absolute atomic E-state index is 10.9. The number of unbranched alkanes of at least 4 members (excludes halogenated alkanes) is 8. The Morgan fingerprint density at radius 3 is 2.00 bits per heavy atom. The Balaban J connectivity index is 3.80. The molecular weight excluding hydrogens is 310 g/mol. The van der Waals surface area contributed by atoms with Gasteiger partial charge in [0.1, 0.15) is 12.1 Å². The van der Waals surface area contributed by atoms with Crippen LogP contribution in [-0.2, 0) is 4.79 Å². The molecule has 0 aromatic carbocycles. The van der Waals surface area contributed by atoms with Gasteiger partial charge in [-0.25, -0.2) is 0 Å². The van der Waals surface area contributed by atoms with Gasteiger partial charge in [-0.3, -0.25) is 4.79 Å². The minimum atomic E-state index is -1.08. The molecule has 142 valence electrons. The van der Waals surface area contributed by atoms with Crippen LogP contribution in [0.15, 0.2) is 5.18 Å². The molecule has 24 heavy (non-hydrogen) atoms. The summed E-state index contributed by atoms with van der Waals surface area (Å²) in [5.74, 6) is -0.771. The Kier molecular flexibility index (Phi) is 14.9. The van der Waals surface area contributed by atoms with Gasteiger partial charge in [0.15, 0.2) is 0 Å². The Morgan fingerprint density at radius 1 is 0.875 bits per heavy atom. The van der Waals surface area contributed by atoms with Crippen LogP contribution >= 0.6 is 0 Å². The lowest BCUT2D eigenvalue weighted by Crippen LogP contribution is -2.36. The fourth-order valence-electron chi connectivity index (χ4n) is 2.83. The monoisotopic (exact) mass is 345 g/mol. The number of carboxylic acids is 1. The second-order valence-electron chi connectivity index (χ2n) is 6.63. The van der Waals surface area contributed by atoms with Crippen LogP contribution in [0.4, 0.5) is 0 Å². The molecule has 0 amide bonds.